The van der Waals surface area contributed by atoms with Crippen LogP contribution in [0, 0.1) is 5.41 Å². The zero-order chi connectivity index (χ0) is 10.6. The van der Waals surface area contributed by atoms with E-state index in [1.165, 1.54) is 44.9 Å². The summed E-state index contributed by atoms with van der Waals surface area (Å²) in [5.41, 5.74) is 3.82. The molecule has 0 heterocycles. The molecule has 1 N–H and O–H groups in total. The molecule has 0 radical (unpaired) electrons. The van der Waals surface area contributed by atoms with Gasteiger partial charge in [0.1, 0.15) is 0 Å². The SMILES string of the molecule is COCCONC1CCC12CCCCC2. The van der Waals surface area contributed by atoms with E-state index in [-0.39, 0.29) is 0 Å². The highest BCUT2D eigenvalue weighted by Gasteiger charge is 2.46. The first-order valence-corrected chi connectivity index (χ1v) is 6.24. The number of nitrogens with one attached hydrogen (secondary N) is 1. The molecule has 3 heteroatoms. The number of hydroxylamine groups is 1. The van der Waals surface area contributed by atoms with Crippen LogP contribution in [0.25, 0.3) is 0 Å². The smallest absolute Gasteiger partial charge is 0.0915 e. The Kier molecular flexibility index (Phi) is 4.00. The third kappa shape index (κ3) is 2.52. The van der Waals surface area contributed by atoms with Gasteiger partial charge < -0.3 is 4.74 Å². The van der Waals surface area contributed by atoms with Crippen LogP contribution >= 0.6 is 0 Å². The zero-order valence-corrected chi connectivity index (χ0v) is 9.76. The summed E-state index contributed by atoms with van der Waals surface area (Å²) in [6, 6.07) is 0.606. The first kappa shape index (κ1) is 11.4. The summed E-state index contributed by atoms with van der Waals surface area (Å²) >= 11 is 0. The van der Waals surface area contributed by atoms with Crippen LogP contribution in [-0.4, -0.2) is 26.4 Å². The molecule has 1 spiro atoms. The van der Waals surface area contributed by atoms with Crippen LogP contribution in [0.5, 0.6) is 0 Å². The molecule has 0 aromatic heterocycles. The largest absolute Gasteiger partial charge is 0.382 e. The average Bonchev–Trinajstić information content (AvgIpc) is 2.28. The van der Waals surface area contributed by atoms with Crippen molar-refractivity contribution in [2.75, 3.05) is 20.3 Å². The number of hydrogen-bond donors (Lipinski definition) is 1. The topological polar surface area (TPSA) is 30.5 Å². The molecule has 2 aliphatic rings. The minimum atomic E-state index is 0.589. The van der Waals surface area contributed by atoms with Gasteiger partial charge in [-0.05, 0) is 31.1 Å². The first-order chi connectivity index (χ1) is 7.37. The fraction of sp³-hybridized carbons (Fsp3) is 1.00. The lowest BCUT2D eigenvalue weighted by molar-refractivity contribution is -0.0918. The van der Waals surface area contributed by atoms with Gasteiger partial charge in [0.25, 0.3) is 0 Å². The summed E-state index contributed by atoms with van der Waals surface area (Å²) in [4.78, 5) is 5.43. The molecule has 0 bridgehead atoms. The minimum absolute atomic E-state index is 0.589. The van der Waals surface area contributed by atoms with Gasteiger partial charge in [-0.25, -0.2) is 0 Å². The van der Waals surface area contributed by atoms with Gasteiger partial charge in [-0.1, -0.05) is 19.3 Å². The lowest BCUT2D eigenvalue weighted by Crippen LogP contribution is -2.54. The highest BCUT2D eigenvalue weighted by atomic mass is 16.7. The maximum Gasteiger partial charge on any atom is 0.0915 e. The Balaban J connectivity index is 1.69. The van der Waals surface area contributed by atoms with E-state index in [0.717, 1.165) is 0 Å². The lowest BCUT2D eigenvalue weighted by atomic mass is 9.57. The fourth-order valence-electron chi connectivity index (χ4n) is 3.02. The van der Waals surface area contributed by atoms with Crippen LogP contribution in [0.3, 0.4) is 0 Å². The van der Waals surface area contributed by atoms with Crippen LogP contribution in [0.2, 0.25) is 0 Å². The van der Waals surface area contributed by atoms with Crippen LogP contribution in [-0.2, 0) is 9.57 Å². The number of hydrogen-bond acceptors (Lipinski definition) is 3. The highest BCUT2D eigenvalue weighted by molar-refractivity contribution is 5.00. The molecule has 2 saturated carbocycles. The third-order valence-corrected chi connectivity index (χ3v) is 4.13. The van der Waals surface area contributed by atoms with Crippen LogP contribution in [0.15, 0.2) is 0 Å². The minimum Gasteiger partial charge on any atom is -0.382 e. The van der Waals surface area contributed by atoms with Gasteiger partial charge in [-0.15, -0.1) is 0 Å². The Morgan fingerprint density at radius 2 is 1.93 bits per heavy atom. The van der Waals surface area contributed by atoms with E-state index in [1.807, 2.05) is 0 Å². The Bertz CT molecular complexity index is 190. The molecule has 0 aliphatic heterocycles. The number of rotatable bonds is 5. The van der Waals surface area contributed by atoms with E-state index >= 15 is 0 Å². The number of ether oxygens (including phenoxy) is 1. The van der Waals surface area contributed by atoms with Crippen LogP contribution in [0.1, 0.15) is 44.9 Å². The molecule has 1 atom stereocenters. The van der Waals surface area contributed by atoms with E-state index in [2.05, 4.69) is 5.48 Å². The Morgan fingerprint density at radius 1 is 1.13 bits per heavy atom. The van der Waals surface area contributed by atoms with E-state index in [0.29, 0.717) is 24.7 Å². The normalized spacial score (nSPS) is 29.0. The fourth-order valence-corrected chi connectivity index (χ4v) is 3.02. The molecule has 2 aliphatic carbocycles. The second-order valence-electron chi connectivity index (χ2n) is 4.97. The van der Waals surface area contributed by atoms with Crippen molar-refractivity contribution in [1.82, 2.24) is 5.48 Å². The van der Waals surface area contributed by atoms with E-state index in [9.17, 15) is 0 Å². The quantitative estimate of drug-likeness (QED) is 0.561. The molecule has 3 nitrogen and oxygen atoms in total. The molecule has 88 valence electrons. The van der Waals surface area contributed by atoms with Crippen molar-refractivity contribution in [2.45, 2.75) is 51.0 Å². The summed E-state index contributed by atoms with van der Waals surface area (Å²) in [6.45, 7) is 1.33. The second-order valence-corrected chi connectivity index (χ2v) is 4.97. The van der Waals surface area contributed by atoms with Crippen molar-refractivity contribution in [3.63, 3.8) is 0 Å². The van der Waals surface area contributed by atoms with Crippen molar-refractivity contribution >= 4 is 0 Å². The predicted octanol–water partition coefficient (Wildman–Crippen LogP) is 2.27. The molecule has 2 rings (SSSR count). The first-order valence-electron chi connectivity index (χ1n) is 6.24. The Labute approximate surface area is 92.5 Å². The van der Waals surface area contributed by atoms with Gasteiger partial charge in [0.2, 0.25) is 0 Å². The lowest BCUT2D eigenvalue weighted by Gasteiger charge is -2.52. The molecule has 0 aromatic carbocycles. The van der Waals surface area contributed by atoms with Gasteiger partial charge in [0.15, 0.2) is 0 Å². The van der Waals surface area contributed by atoms with Gasteiger partial charge in [-0.2, -0.15) is 5.48 Å². The van der Waals surface area contributed by atoms with Gasteiger partial charge >= 0.3 is 0 Å². The molecule has 0 saturated heterocycles. The summed E-state index contributed by atoms with van der Waals surface area (Å²) < 4.78 is 4.95. The summed E-state index contributed by atoms with van der Waals surface area (Å²) in [5.74, 6) is 0. The van der Waals surface area contributed by atoms with E-state index < -0.39 is 0 Å². The maximum atomic E-state index is 5.43. The standard InChI is InChI=1S/C12H23NO2/c1-14-9-10-15-13-11-5-8-12(11)6-3-2-4-7-12/h11,13H,2-10H2,1H3. The summed E-state index contributed by atoms with van der Waals surface area (Å²) in [5, 5.41) is 0. The third-order valence-electron chi connectivity index (χ3n) is 4.13. The molecular formula is C12H23NO2. The van der Waals surface area contributed by atoms with Crippen LogP contribution < -0.4 is 5.48 Å². The van der Waals surface area contributed by atoms with Crippen molar-refractivity contribution in [3.05, 3.63) is 0 Å². The van der Waals surface area contributed by atoms with Gasteiger partial charge in [0, 0.05) is 13.2 Å². The van der Waals surface area contributed by atoms with E-state index in [4.69, 9.17) is 9.57 Å². The molecule has 0 aromatic rings. The van der Waals surface area contributed by atoms with Gasteiger partial charge in [0.05, 0.1) is 13.2 Å². The predicted molar refractivity (Wildman–Crippen MR) is 59.5 cm³/mol. The molecule has 15 heavy (non-hydrogen) atoms. The van der Waals surface area contributed by atoms with Crippen LogP contribution in [0.4, 0.5) is 0 Å². The second kappa shape index (κ2) is 5.28. The summed E-state index contributed by atoms with van der Waals surface area (Å²) in [7, 11) is 1.70. The summed E-state index contributed by atoms with van der Waals surface area (Å²) in [6.07, 6.45) is 9.74. The number of methoxy groups -OCH3 is 1. The Hall–Kier alpha value is -0.120. The molecular weight excluding hydrogens is 190 g/mol. The highest BCUT2D eigenvalue weighted by Crippen LogP contribution is 2.51. The monoisotopic (exact) mass is 213 g/mol. The van der Waals surface area contributed by atoms with Crippen molar-refractivity contribution in [1.29, 1.82) is 0 Å². The van der Waals surface area contributed by atoms with Crippen molar-refractivity contribution in [2.24, 2.45) is 5.41 Å². The van der Waals surface area contributed by atoms with Crippen molar-refractivity contribution in [3.8, 4) is 0 Å². The Morgan fingerprint density at radius 3 is 2.53 bits per heavy atom. The zero-order valence-electron chi connectivity index (χ0n) is 9.76. The average molecular weight is 213 g/mol. The maximum absolute atomic E-state index is 5.43. The molecule has 2 fully saturated rings. The molecule has 0 amide bonds. The molecule has 1 unspecified atom stereocenters. The van der Waals surface area contributed by atoms with Crippen molar-refractivity contribution < 1.29 is 9.57 Å². The van der Waals surface area contributed by atoms with E-state index in [1.54, 1.807) is 7.11 Å². The van der Waals surface area contributed by atoms with Gasteiger partial charge in [-0.3, -0.25) is 4.84 Å².